The molecule has 3 nitrogen and oxygen atoms in total. The molecule has 72 valence electrons. The number of benzene rings is 1. The second-order valence-corrected chi connectivity index (χ2v) is 6.19. The fourth-order valence-electron chi connectivity index (χ4n) is 0.739. The van der Waals surface area contributed by atoms with Crippen LogP contribution in [0.2, 0.25) is 0 Å². The van der Waals surface area contributed by atoms with Crippen LogP contribution in [0, 0.1) is 0 Å². The van der Waals surface area contributed by atoms with Crippen molar-refractivity contribution in [1.29, 1.82) is 0 Å². The van der Waals surface area contributed by atoms with E-state index in [0.29, 0.717) is 5.69 Å². The number of hydrogen-bond donors (Lipinski definition) is 1. The van der Waals surface area contributed by atoms with Gasteiger partial charge in [-0.25, -0.2) is 8.42 Å². The molecule has 0 atom stereocenters. The number of sulfonamides is 1. The second-order valence-electron chi connectivity index (χ2n) is 2.31. The van der Waals surface area contributed by atoms with Crippen molar-refractivity contribution in [3.63, 3.8) is 0 Å². The summed E-state index contributed by atoms with van der Waals surface area (Å²) in [5, 5.41) is 0. The van der Waals surface area contributed by atoms with Crippen LogP contribution >= 0.6 is 31.9 Å². The Bertz CT molecular complexity index is 391. The normalized spacial score (nSPS) is 11.2. The minimum absolute atomic E-state index is 0.110. The van der Waals surface area contributed by atoms with Gasteiger partial charge < -0.3 is 0 Å². The van der Waals surface area contributed by atoms with Gasteiger partial charge in [-0.3, -0.25) is 4.72 Å². The lowest BCUT2D eigenvalue weighted by Gasteiger charge is -2.06. The molecule has 0 saturated carbocycles. The summed E-state index contributed by atoms with van der Waals surface area (Å²) in [5.41, 5.74) is 0.543. The first-order valence-electron chi connectivity index (χ1n) is 3.36. The number of para-hydroxylation sites is 1. The number of rotatable bonds is 3. The molecule has 0 aliphatic carbocycles. The molecule has 0 aromatic heterocycles. The molecule has 1 aromatic carbocycles. The zero-order valence-corrected chi connectivity index (χ0v) is 10.5. The van der Waals surface area contributed by atoms with Gasteiger partial charge in [-0.2, -0.15) is 0 Å². The van der Waals surface area contributed by atoms with E-state index >= 15 is 0 Å². The summed E-state index contributed by atoms with van der Waals surface area (Å²) in [5.74, 6) is 0. The Labute approximate surface area is 93.8 Å². The van der Waals surface area contributed by atoms with E-state index in [2.05, 4.69) is 36.6 Å². The molecule has 1 rings (SSSR count). The summed E-state index contributed by atoms with van der Waals surface area (Å²) in [7, 11) is -3.26. The maximum absolute atomic E-state index is 11.1. The third-order valence-electron chi connectivity index (χ3n) is 1.28. The molecular weight excluding hydrogens is 322 g/mol. The number of hydrogen-bond acceptors (Lipinski definition) is 2. The van der Waals surface area contributed by atoms with Crippen LogP contribution < -0.4 is 4.72 Å². The number of anilines is 1. The van der Waals surface area contributed by atoms with Gasteiger partial charge in [0.2, 0.25) is 10.0 Å². The van der Waals surface area contributed by atoms with Crippen LogP contribution in [0.5, 0.6) is 0 Å². The van der Waals surface area contributed by atoms with Crippen molar-refractivity contribution in [2.24, 2.45) is 0 Å². The summed E-state index contributed by atoms with van der Waals surface area (Å²) in [4.78, 5) is 0. The summed E-state index contributed by atoms with van der Waals surface area (Å²) < 4.78 is 25.3. The van der Waals surface area contributed by atoms with Crippen molar-refractivity contribution in [3.8, 4) is 0 Å². The first kappa shape index (κ1) is 11.0. The van der Waals surface area contributed by atoms with E-state index in [1.165, 1.54) is 0 Å². The highest BCUT2D eigenvalue weighted by atomic mass is 79.9. The molecule has 0 radical (unpaired) electrons. The van der Waals surface area contributed by atoms with E-state index in [1.54, 1.807) is 18.2 Å². The van der Waals surface area contributed by atoms with Gasteiger partial charge in [0.1, 0.15) is 4.66 Å². The fraction of sp³-hybridized carbons (Fsp3) is 0.143. The Morgan fingerprint density at radius 3 is 2.46 bits per heavy atom. The van der Waals surface area contributed by atoms with E-state index in [0.717, 1.165) is 4.47 Å². The highest BCUT2D eigenvalue weighted by Crippen LogP contribution is 2.22. The Hall–Kier alpha value is -0.0700. The summed E-state index contributed by atoms with van der Waals surface area (Å²) in [6, 6.07) is 7.03. The number of nitrogens with one attached hydrogen (secondary N) is 1. The zero-order valence-electron chi connectivity index (χ0n) is 6.50. The monoisotopic (exact) mass is 327 g/mol. The Morgan fingerprint density at radius 1 is 1.31 bits per heavy atom. The Kier molecular flexibility index (Phi) is 3.75. The van der Waals surface area contributed by atoms with Crippen molar-refractivity contribution < 1.29 is 8.42 Å². The Morgan fingerprint density at radius 2 is 1.92 bits per heavy atom. The lowest BCUT2D eigenvalue weighted by molar-refractivity contribution is 0.606. The Balaban J connectivity index is 2.93. The van der Waals surface area contributed by atoms with E-state index < -0.39 is 10.0 Å². The highest BCUT2D eigenvalue weighted by molar-refractivity contribution is 9.11. The highest BCUT2D eigenvalue weighted by Gasteiger charge is 2.08. The molecule has 1 aromatic rings. The van der Waals surface area contributed by atoms with Crippen molar-refractivity contribution in [2.75, 3.05) is 9.38 Å². The van der Waals surface area contributed by atoms with Gasteiger partial charge >= 0.3 is 0 Å². The quantitative estimate of drug-likeness (QED) is 0.867. The first-order valence-corrected chi connectivity index (χ1v) is 6.93. The minimum Gasteiger partial charge on any atom is -0.282 e. The predicted octanol–water partition coefficient (Wildman–Crippen LogP) is 2.54. The summed E-state index contributed by atoms with van der Waals surface area (Å²) in [6.45, 7) is 0. The number of halogens is 2. The molecule has 6 heteroatoms. The van der Waals surface area contributed by atoms with Crippen LogP contribution in [0.4, 0.5) is 5.69 Å². The van der Waals surface area contributed by atoms with Gasteiger partial charge in [0.25, 0.3) is 0 Å². The maximum atomic E-state index is 11.1. The molecule has 0 aliphatic rings. The minimum atomic E-state index is -3.26. The topological polar surface area (TPSA) is 46.2 Å². The summed E-state index contributed by atoms with van der Waals surface area (Å²) in [6.07, 6.45) is 0. The lowest BCUT2D eigenvalue weighted by Crippen LogP contribution is -2.13. The predicted molar refractivity (Wildman–Crippen MR) is 60.5 cm³/mol. The molecule has 0 aliphatic heterocycles. The SMILES string of the molecule is O=S(=O)(CBr)Nc1ccccc1Br. The van der Waals surface area contributed by atoms with Gasteiger partial charge in [-0.1, -0.05) is 28.1 Å². The average molecular weight is 329 g/mol. The van der Waals surface area contributed by atoms with Crippen LogP contribution in [-0.4, -0.2) is 13.1 Å². The van der Waals surface area contributed by atoms with E-state index in [-0.39, 0.29) is 4.66 Å². The third-order valence-corrected chi connectivity index (χ3v) is 4.60. The van der Waals surface area contributed by atoms with Crippen molar-refractivity contribution in [1.82, 2.24) is 0 Å². The van der Waals surface area contributed by atoms with Crippen LogP contribution in [0.3, 0.4) is 0 Å². The molecular formula is C7H7Br2NO2S. The first-order chi connectivity index (χ1) is 6.05. The molecule has 0 unspecified atom stereocenters. The molecule has 0 fully saturated rings. The van der Waals surface area contributed by atoms with E-state index in [1.807, 2.05) is 6.07 Å². The smallest absolute Gasteiger partial charge is 0.242 e. The van der Waals surface area contributed by atoms with Crippen molar-refractivity contribution in [2.45, 2.75) is 0 Å². The molecule has 0 spiro atoms. The van der Waals surface area contributed by atoms with Gasteiger partial charge in [0, 0.05) is 4.47 Å². The fourth-order valence-corrected chi connectivity index (χ4v) is 2.16. The largest absolute Gasteiger partial charge is 0.282 e. The molecule has 1 N–H and O–H groups in total. The van der Waals surface area contributed by atoms with Crippen molar-refractivity contribution in [3.05, 3.63) is 28.7 Å². The molecule has 0 amide bonds. The van der Waals surface area contributed by atoms with Crippen molar-refractivity contribution >= 4 is 47.6 Å². The van der Waals surface area contributed by atoms with E-state index in [4.69, 9.17) is 0 Å². The summed E-state index contributed by atoms with van der Waals surface area (Å²) >= 11 is 6.12. The van der Waals surface area contributed by atoms with E-state index in [9.17, 15) is 8.42 Å². The van der Waals surface area contributed by atoms with Gasteiger partial charge in [-0.15, -0.1) is 0 Å². The standard InChI is InChI=1S/C7H7Br2NO2S/c8-5-13(11,12)10-7-4-2-1-3-6(7)9/h1-4,10H,5H2. The maximum Gasteiger partial charge on any atom is 0.242 e. The third kappa shape index (κ3) is 3.28. The van der Waals surface area contributed by atoms with Crippen LogP contribution in [0.25, 0.3) is 0 Å². The molecule has 0 saturated heterocycles. The average Bonchev–Trinajstić information content (AvgIpc) is 2.09. The van der Waals surface area contributed by atoms with Crippen LogP contribution in [0.1, 0.15) is 0 Å². The molecule has 0 heterocycles. The van der Waals surface area contributed by atoms with Crippen LogP contribution in [0.15, 0.2) is 28.7 Å². The van der Waals surface area contributed by atoms with Crippen LogP contribution in [-0.2, 0) is 10.0 Å². The lowest BCUT2D eigenvalue weighted by atomic mass is 10.3. The molecule has 13 heavy (non-hydrogen) atoms. The molecule has 0 bridgehead atoms. The number of alkyl halides is 1. The van der Waals surface area contributed by atoms with Gasteiger partial charge in [0.15, 0.2) is 0 Å². The van der Waals surface area contributed by atoms with Gasteiger partial charge in [0.05, 0.1) is 5.69 Å². The van der Waals surface area contributed by atoms with Gasteiger partial charge in [-0.05, 0) is 28.1 Å². The second kappa shape index (κ2) is 4.43. The zero-order chi connectivity index (χ0) is 9.90.